The molecule has 1 aliphatic heterocycles. The van der Waals surface area contributed by atoms with E-state index in [1.54, 1.807) is 30.3 Å². The summed E-state index contributed by atoms with van der Waals surface area (Å²) >= 11 is 0. The molecular formula is C26H21NO3S. The molecule has 4 aromatic carbocycles. The zero-order valence-electron chi connectivity index (χ0n) is 16.9. The van der Waals surface area contributed by atoms with Crippen LogP contribution in [-0.2, 0) is 10.0 Å². The molecule has 0 spiro atoms. The van der Waals surface area contributed by atoms with Crippen LogP contribution >= 0.6 is 0 Å². The second kappa shape index (κ2) is 7.38. The van der Waals surface area contributed by atoms with Crippen LogP contribution < -0.4 is 4.31 Å². The number of nitrogens with zero attached hydrogens (tertiary/aromatic N) is 1. The van der Waals surface area contributed by atoms with Gasteiger partial charge < -0.3 is 5.11 Å². The van der Waals surface area contributed by atoms with Gasteiger partial charge in [0.25, 0.3) is 10.0 Å². The monoisotopic (exact) mass is 427 g/mol. The molecule has 0 saturated carbocycles. The van der Waals surface area contributed by atoms with Crippen LogP contribution in [0.1, 0.15) is 22.8 Å². The number of hydrogen-bond donors (Lipinski definition) is 1. The van der Waals surface area contributed by atoms with Gasteiger partial charge in [0.2, 0.25) is 0 Å². The van der Waals surface area contributed by atoms with Crippen molar-refractivity contribution in [3.63, 3.8) is 0 Å². The number of sulfonamides is 1. The minimum Gasteiger partial charge on any atom is -0.382 e. The number of fused-ring (bicyclic) bond motifs is 3. The summed E-state index contributed by atoms with van der Waals surface area (Å²) in [6.07, 6.45) is 0.686. The Morgan fingerprint density at radius 3 is 2.26 bits per heavy atom. The molecule has 0 amide bonds. The fourth-order valence-electron chi connectivity index (χ4n) is 4.05. The summed E-state index contributed by atoms with van der Waals surface area (Å²) in [5, 5.41) is 12.9. The van der Waals surface area contributed by atoms with Crippen molar-refractivity contribution in [2.75, 3.05) is 4.31 Å². The maximum atomic E-state index is 13.9. The maximum Gasteiger partial charge on any atom is 0.268 e. The van der Waals surface area contributed by atoms with Crippen LogP contribution in [0.5, 0.6) is 0 Å². The lowest BCUT2D eigenvalue weighted by Crippen LogP contribution is -2.28. The molecule has 4 aromatic rings. The number of anilines is 1. The summed E-state index contributed by atoms with van der Waals surface area (Å²) in [6, 6.07) is 27.6. The molecule has 0 aromatic heterocycles. The third-order valence-electron chi connectivity index (χ3n) is 5.62. The first-order valence-corrected chi connectivity index (χ1v) is 11.5. The zero-order chi connectivity index (χ0) is 21.6. The van der Waals surface area contributed by atoms with E-state index in [-0.39, 0.29) is 4.90 Å². The first-order valence-electron chi connectivity index (χ1n) is 10.1. The molecule has 1 unspecified atom stereocenters. The average molecular weight is 428 g/mol. The van der Waals surface area contributed by atoms with E-state index in [2.05, 4.69) is 0 Å². The Balaban J connectivity index is 1.81. The molecule has 0 aliphatic carbocycles. The molecule has 4 nitrogen and oxygen atoms in total. The predicted molar refractivity (Wildman–Crippen MR) is 124 cm³/mol. The summed E-state index contributed by atoms with van der Waals surface area (Å²) in [6.45, 7) is 1.92. The van der Waals surface area contributed by atoms with Gasteiger partial charge in [-0.05, 0) is 36.1 Å². The van der Waals surface area contributed by atoms with Crippen LogP contribution in [0.2, 0.25) is 0 Å². The van der Waals surface area contributed by atoms with Crippen molar-refractivity contribution >= 4 is 32.6 Å². The maximum absolute atomic E-state index is 13.9. The first-order chi connectivity index (χ1) is 15.0. The summed E-state index contributed by atoms with van der Waals surface area (Å²) in [4.78, 5) is 0.185. The van der Waals surface area contributed by atoms with Crippen molar-refractivity contribution in [3.05, 3.63) is 113 Å². The van der Waals surface area contributed by atoms with Crippen molar-refractivity contribution < 1.29 is 13.5 Å². The van der Waals surface area contributed by atoms with Crippen LogP contribution in [0.25, 0.3) is 16.8 Å². The van der Waals surface area contributed by atoms with Crippen molar-refractivity contribution in [3.8, 4) is 0 Å². The highest BCUT2D eigenvalue weighted by Gasteiger charge is 2.41. The van der Waals surface area contributed by atoms with Gasteiger partial charge in [-0.1, -0.05) is 84.4 Å². The second-order valence-corrected chi connectivity index (χ2v) is 9.48. The van der Waals surface area contributed by atoms with E-state index in [1.165, 1.54) is 4.31 Å². The van der Waals surface area contributed by atoms with Crippen LogP contribution in [0.3, 0.4) is 0 Å². The van der Waals surface area contributed by atoms with E-state index >= 15 is 0 Å². The molecule has 1 atom stereocenters. The molecule has 1 N–H and O–H groups in total. The molecule has 5 heteroatoms. The van der Waals surface area contributed by atoms with Crippen molar-refractivity contribution in [1.82, 2.24) is 0 Å². The fourth-order valence-corrected chi connectivity index (χ4v) is 5.62. The predicted octanol–water partition coefficient (Wildman–Crippen LogP) is 5.43. The highest BCUT2D eigenvalue weighted by atomic mass is 32.2. The van der Waals surface area contributed by atoms with Crippen LogP contribution in [0, 0.1) is 6.92 Å². The summed E-state index contributed by atoms with van der Waals surface area (Å²) in [5.41, 5.74) is 3.20. The number of aryl methyl sites for hydroxylation is 1. The average Bonchev–Trinajstić information content (AvgIpc) is 3.07. The largest absolute Gasteiger partial charge is 0.382 e. The third-order valence-corrected chi connectivity index (χ3v) is 7.36. The molecule has 31 heavy (non-hydrogen) atoms. The Labute approximate surface area is 181 Å². The van der Waals surface area contributed by atoms with Crippen molar-refractivity contribution in [2.24, 2.45) is 0 Å². The quantitative estimate of drug-likeness (QED) is 0.474. The Bertz CT molecular complexity index is 1410. The summed E-state index contributed by atoms with van der Waals surface area (Å²) < 4.78 is 29.1. The van der Waals surface area contributed by atoms with E-state index in [0.717, 1.165) is 21.9 Å². The van der Waals surface area contributed by atoms with Gasteiger partial charge in [0.05, 0.1) is 16.3 Å². The van der Waals surface area contributed by atoms with Crippen LogP contribution in [0.15, 0.2) is 102 Å². The lowest BCUT2D eigenvalue weighted by Gasteiger charge is -2.23. The molecular weight excluding hydrogens is 406 g/mol. The van der Waals surface area contributed by atoms with Crippen LogP contribution in [-0.4, -0.2) is 13.5 Å². The Kier molecular flexibility index (Phi) is 4.65. The Morgan fingerprint density at radius 2 is 1.52 bits per heavy atom. The number of benzene rings is 4. The lowest BCUT2D eigenvalue weighted by atomic mass is 10.0. The highest BCUT2D eigenvalue weighted by Crippen LogP contribution is 2.49. The molecule has 0 saturated heterocycles. The number of aliphatic hydroxyl groups excluding tert-OH is 1. The van der Waals surface area contributed by atoms with Gasteiger partial charge in [0.15, 0.2) is 0 Å². The first kappa shape index (κ1) is 19.5. The van der Waals surface area contributed by atoms with Gasteiger partial charge in [-0.3, -0.25) is 0 Å². The smallest absolute Gasteiger partial charge is 0.268 e. The zero-order valence-corrected chi connectivity index (χ0v) is 17.8. The SMILES string of the molecule is Cc1ccc(S(=O)(=O)N2/C(=C/c3ccccc3)C(O)c3ccc4ccccc4c32)cc1. The normalized spacial score (nSPS) is 17.3. The van der Waals surface area contributed by atoms with Gasteiger partial charge in [-0.15, -0.1) is 0 Å². The summed E-state index contributed by atoms with van der Waals surface area (Å²) in [7, 11) is -3.96. The molecule has 0 radical (unpaired) electrons. The summed E-state index contributed by atoms with van der Waals surface area (Å²) in [5.74, 6) is 0. The highest BCUT2D eigenvalue weighted by molar-refractivity contribution is 7.93. The Hall–Kier alpha value is -3.41. The van der Waals surface area contributed by atoms with E-state index in [1.807, 2.05) is 73.7 Å². The molecule has 154 valence electrons. The topological polar surface area (TPSA) is 57.6 Å². The van der Waals surface area contributed by atoms with Gasteiger partial charge in [0, 0.05) is 10.9 Å². The number of rotatable bonds is 3. The third kappa shape index (κ3) is 3.23. The second-order valence-electron chi connectivity index (χ2n) is 7.69. The van der Waals surface area contributed by atoms with E-state index < -0.39 is 16.1 Å². The van der Waals surface area contributed by atoms with Gasteiger partial charge in [-0.25, -0.2) is 12.7 Å². The molecule has 0 fully saturated rings. The van der Waals surface area contributed by atoms with Gasteiger partial charge in [-0.2, -0.15) is 0 Å². The minimum absolute atomic E-state index is 0.185. The standard InChI is InChI=1S/C26H21NO3S/c1-18-11-14-21(15-12-18)31(29,30)27-24(17-19-7-3-2-4-8-19)26(28)23-16-13-20-9-5-6-10-22(20)25(23)27/h2-17,26,28H,1H3/b24-17+. The molecule has 5 rings (SSSR count). The molecule has 0 bridgehead atoms. The number of aliphatic hydroxyl groups is 1. The van der Waals surface area contributed by atoms with Gasteiger partial charge in [0.1, 0.15) is 6.10 Å². The fraction of sp³-hybridized carbons (Fsp3) is 0.0769. The van der Waals surface area contributed by atoms with E-state index in [0.29, 0.717) is 16.9 Å². The number of hydrogen-bond acceptors (Lipinski definition) is 3. The van der Waals surface area contributed by atoms with Crippen LogP contribution in [0.4, 0.5) is 5.69 Å². The van der Waals surface area contributed by atoms with E-state index in [9.17, 15) is 13.5 Å². The molecule has 1 heterocycles. The Morgan fingerprint density at radius 1 is 0.839 bits per heavy atom. The molecule has 1 aliphatic rings. The minimum atomic E-state index is -3.96. The van der Waals surface area contributed by atoms with Crippen molar-refractivity contribution in [1.29, 1.82) is 0 Å². The van der Waals surface area contributed by atoms with Crippen molar-refractivity contribution in [2.45, 2.75) is 17.9 Å². The van der Waals surface area contributed by atoms with E-state index in [4.69, 9.17) is 0 Å². The van der Waals surface area contributed by atoms with Gasteiger partial charge >= 0.3 is 0 Å². The lowest BCUT2D eigenvalue weighted by molar-refractivity contribution is 0.223.